The minimum absolute atomic E-state index is 0.0397. The Morgan fingerprint density at radius 1 is 1.33 bits per heavy atom. The smallest absolute Gasteiger partial charge is 0.170 e. The van der Waals surface area contributed by atoms with Gasteiger partial charge in [0.1, 0.15) is 5.82 Å². The maximum Gasteiger partial charge on any atom is 0.170 e. The lowest BCUT2D eigenvalue weighted by atomic mass is 9.78. The highest BCUT2D eigenvalue weighted by molar-refractivity contribution is 6.11. The van der Waals surface area contributed by atoms with Crippen molar-refractivity contribution in [3.05, 3.63) is 53.2 Å². The van der Waals surface area contributed by atoms with E-state index in [4.69, 9.17) is 0 Å². The molecule has 4 nitrogen and oxygen atoms in total. The Hall–Kier alpha value is -2.36. The second-order valence-electron chi connectivity index (χ2n) is 6.10. The number of rotatable bonds is 1. The average molecular weight is 277 g/mol. The fourth-order valence-corrected chi connectivity index (χ4v) is 3.98. The van der Waals surface area contributed by atoms with Gasteiger partial charge in [0, 0.05) is 34.3 Å². The highest BCUT2D eigenvalue weighted by Gasteiger charge is 2.42. The summed E-state index contributed by atoms with van der Waals surface area (Å²) < 4.78 is 2.15. The van der Waals surface area contributed by atoms with Crippen molar-refractivity contribution in [2.24, 2.45) is 5.92 Å². The first-order valence-electron chi connectivity index (χ1n) is 7.43. The SMILES string of the molecule is Cc1nc2cn1C2C1CCc2[nH]c3ccccc3c2C1=O. The molecule has 0 saturated heterocycles. The van der Waals surface area contributed by atoms with E-state index in [1.807, 2.05) is 31.2 Å². The number of imidazole rings is 1. The molecule has 0 fully saturated rings. The molecule has 104 valence electrons. The van der Waals surface area contributed by atoms with Crippen LogP contribution in [0.15, 0.2) is 30.5 Å². The second-order valence-corrected chi connectivity index (χ2v) is 6.10. The van der Waals surface area contributed by atoms with E-state index in [1.54, 1.807) is 0 Å². The number of benzene rings is 1. The fraction of sp³-hybridized carbons (Fsp3) is 0.294. The number of ketones is 1. The minimum Gasteiger partial charge on any atom is -0.358 e. The summed E-state index contributed by atoms with van der Waals surface area (Å²) in [7, 11) is 0. The predicted octanol–water partition coefficient (Wildman–Crippen LogP) is 3.02. The van der Waals surface area contributed by atoms with Crippen LogP contribution in [0.1, 0.15) is 40.0 Å². The third kappa shape index (κ3) is 1.30. The van der Waals surface area contributed by atoms with Gasteiger partial charge in [-0.1, -0.05) is 18.2 Å². The van der Waals surface area contributed by atoms with Crippen LogP contribution in [0.25, 0.3) is 10.9 Å². The molecule has 4 heteroatoms. The van der Waals surface area contributed by atoms with Crippen molar-refractivity contribution >= 4 is 16.7 Å². The van der Waals surface area contributed by atoms with Gasteiger partial charge < -0.3 is 9.55 Å². The molecule has 3 aliphatic rings. The van der Waals surface area contributed by atoms with Gasteiger partial charge in [-0.05, 0) is 25.8 Å². The zero-order valence-corrected chi connectivity index (χ0v) is 11.8. The van der Waals surface area contributed by atoms with Crippen LogP contribution in [-0.4, -0.2) is 20.3 Å². The Kier molecular flexibility index (Phi) is 1.96. The summed E-state index contributed by atoms with van der Waals surface area (Å²) >= 11 is 0. The molecule has 6 rings (SSSR count). The molecule has 0 spiro atoms. The molecule has 2 unspecified atom stereocenters. The van der Waals surface area contributed by atoms with Gasteiger partial charge in [0.2, 0.25) is 0 Å². The first kappa shape index (κ1) is 11.3. The van der Waals surface area contributed by atoms with E-state index in [1.165, 1.54) is 0 Å². The number of H-pyrrole nitrogens is 1. The first-order valence-corrected chi connectivity index (χ1v) is 7.43. The number of carbonyl (C=O) groups excluding carboxylic acids is 1. The molecule has 3 aromatic rings. The number of hydrogen-bond acceptors (Lipinski definition) is 2. The number of aromatic nitrogens is 3. The van der Waals surface area contributed by atoms with Crippen LogP contribution in [0.5, 0.6) is 0 Å². The Morgan fingerprint density at radius 3 is 2.95 bits per heavy atom. The van der Waals surface area contributed by atoms with E-state index >= 15 is 0 Å². The average Bonchev–Trinajstić information content (AvgIpc) is 3.11. The number of hydrogen-bond donors (Lipinski definition) is 1. The number of Topliss-reactive ketones (excluding diaryl/α,β-unsaturated/α-hetero) is 1. The Balaban J connectivity index is 1.62. The highest BCUT2D eigenvalue weighted by Crippen LogP contribution is 2.43. The number of nitrogens with zero attached hydrogens (tertiary/aromatic N) is 2. The largest absolute Gasteiger partial charge is 0.358 e. The normalized spacial score (nSPS) is 23.2. The van der Waals surface area contributed by atoms with Crippen LogP contribution in [0.3, 0.4) is 0 Å². The van der Waals surface area contributed by atoms with Crippen molar-refractivity contribution in [3.8, 4) is 0 Å². The molecule has 1 aromatic carbocycles. The molecule has 1 aliphatic carbocycles. The van der Waals surface area contributed by atoms with Crippen molar-refractivity contribution < 1.29 is 4.79 Å². The van der Waals surface area contributed by atoms with Gasteiger partial charge in [-0.2, -0.15) is 0 Å². The molecule has 2 bridgehead atoms. The van der Waals surface area contributed by atoms with Crippen LogP contribution >= 0.6 is 0 Å². The van der Waals surface area contributed by atoms with Crippen molar-refractivity contribution in [3.63, 3.8) is 0 Å². The molecule has 21 heavy (non-hydrogen) atoms. The number of fused-ring (bicyclic) bond motifs is 4. The Morgan fingerprint density at radius 2 is 2.19 bits per heavy atom. The first-order chi connectivity index (χ1) is 10.2. The maximum absolute atomic E-state index is 13.0. The quantitative estimate of drug-likeness (QED) is 0.743. The summed E-state index contributed by atoms with van der Waals surface area (Å²) in [4.78, 5) is 20.9. The molecule has 1 N–H and O–H groups in total. The Labute approximate surface area is 121 Å². The van der Waals surface area contributed by atoms with E-state index in [9.17, 15) is 4.79 Å². The van der Waals surface area contributed by atoms with Gasteiger partial charge in [0.05, 0.1) is 11.7 Å². The molecule has 4 heterocycles. The van der Waals surface area contributed by atoms with Crippen molar-refractivity contribution in [2.45, 2.75) is 25.8 Å². The zero-order chi connectivity index (χ0) is 14.1. The summed E-state index contributed by atoms with van der Waals surface area (Å²) in [6.45, 7) is 2.01. The molecule has 0 amide bonds. The number of carbonyl (C=O) groups is 1. The summed E-state index contributed by atoms with van der Waals surface area (Å²) in [6.07, 6.45) is 3.90. The van der Waals surface area contributed by atoms with Crippen molar-refractivity contribution in [2.75, 3.05) is 0 Å². The molecule has 2 aromatic heterocycles. The van der Waals surface area contributed by atoms with E-state index < -0.39 is 0 Å². The summed E-state index contributed by atoms with van der Waals surface area (Å²) in [5.74, 6) is 1.34. The van der Waals surface area contributed by atoms with Crippen LogP contribution < -0.4 is 0 Å². The molecule has 2 atom stereocenters. The number of aryl methyl sites for hydroxylation is 2. The van der Waals surface area contributed by atoms with E-state index in [0.29, 0.717) is 0 Å². The zero-order valence-electron chi connectivity index (χ0n) is 11.8. The summed E-state index contributed by atoms with van der Waals surface area (Å²) in [5.41, 5.74) is 4.16. The Bertz CT molecular complexity index is 902. The minimum atomic E-state index is 0.0397. The number of nitrogens with one attached hydrogen (secondary N) is 1. The summed E-state index contributed by atoms with van der Waals surface area (Å²) in [6, 6.07) is 8.27. The molecule has 2 aliphatic heterocycles. The molecular weight excluding hydrogens is 262 g/mol. The van der Waals surface area contributed by atoms with Gasteiger partial charge in [0.15, 0.2) is 5.78 Å². The summed E-state index contributed by atoms with van der Waals surface area (Å²) in [5, 5.41) is 1.07. The maximum atomic E-state index is 13.0. The van der Waals surface area contributed by atoms with Crippen LogP contribution in [0.4, 0.5) is 0 Å². The molecule has 0 radical (unpaired) electrons. The standard InChI is InChI=1S/C17H15N3O/c1-9-18-14-8-20(9)16(14)11-6-7-13-15(17(11)21)10-4-2-3-5-12(10)19-13/h2-5,8,11,16,19H,6-7H2,1H3. The lowest BCUT2D eigenvalue weighted by Gasteiger charge is -2.32. The topological polar surface area (TPSA) is 50.7 Å². The second kappa shape index (κ2) is 3.64. The van der Waals surface area contributed by atoms with Gasteiger partial charge >= 0.3 is 0 Å². The van der Waals surface area contributed by atoms with E-state index in [-0.39, 0.29) is 17.7 Å². The van der Waals surface area contributed by atoms with Gasteiger partial charge in [-0.15, -0.1) is 0 Å². The predicted molar refractivity (Wildman–Crippen MR) is 79.5 cm³/mol. The monoisotopic (exact) mass is 277 g/mol. The van der Waals surface area contributed by atoms with Crippen molar-refractivity contribution in [1.82, 2.24) is 14.5 Å². The lowest BCUT2D eigenvalue weighted by Crippen LogP contribution is -2.33. The van der Waals surface area contributed by atoms with E-state index in [0.717, 1.165) is 46.5 Å². The van der Waals surface area contributed by atoms with Gasteiger partial charge in [-0.3, -0.25) is 4.79 Å². The lowest BCUT2D eigenvalue weighted by molar-refractivity contribution is 0.0863. The van der Waals surface area contributed by atoms with Gasteiger partial charge in [0.25, 0.3) is 0 Å². The third-order valence-electron chi connectivity index (χ3n) is 4.99. The van der Waals surface area contributed by atoms with E-state index in [2.05, 4.69) is 20.7 Å². The number of aromatic amines is 1. The molecule has 0 saturated carbocycles. The van der Waals surface area contributed by atoms with Crippen LogP contribution in [0.2, 0.25) is 0 Å². The van der Waals surface area contributed by atoms with Crippen LogP contribution in [0, 0.1) is 12.8 Å². The molecular formula is C17H15N3O. The van der Waals surface area contributed by atoms with Crippen LogP contribution in [-0.2, 0) is 6.42 Å². The third-order valence-corrected chi connectivity index (χ3v) is 4.99. The number of para-hydroxylation sites is 1. The highest BCUT2D eigenvalue weighted by atomic mass is 16.1. The van der Waals surface area contributed by atoms with Crippen molar-refractivity contribution in [1.29, 1.82) is 0 Å². The fourth-order valence-electron chi connectivity index (χ4n) is 3.98. The van der Waals surface area contributed by atoms with Gasteiger partial charge in [-0.25, -0.2) is 4.98 Å².